The predicted molar refractivity (Wildman–Crippen MR) is 38.2 cm³/mol. The van der Waals surface area contributed by atoms with Crippen LogP contribution in [0.2, 0.25) is 0 Å². The summed E-state index contributed by atoms with van der Waals surface area (Å²) in [5.74, 6) is 0. The van der Waals surface area contributed by atoms with E-state index < -0.39 is 6.09 Å². The Morgan fingerprint density at radius 3 is 2.89 bits per heavy atom. The maximum Gasteiger partial charge on any atom is 0.282 e. The maximum atomic E-state index is 12.2. The number of nitrogens with zero attached hydrogens (tertiary/aromatic N) is 1. The van der Waals surface area contributed by atoms with Crippen LogP contribution in [0.3, 0.4) is 0 Å². The third kappa shape index (κ3) is 1.51. The molecule has 9 heavy (non-hydrogen) atoms. The van der Waals surface area contributed by atoms with Crippen LogP contribution in [-0.2, 0) is 0 Å². The largest absolute Gasteiger partial charge is 0.319 e. The van der Waals surface area contributed by atoms with E-state index in [0.29, 0.717) is 6.54 Å². The summed E-state index contributed by atoms with van der Waals surface area (Å²) in [4.78, 5) is 3.50. The highest BCUT2D eigenvalue weighted by atomic mass is 79.9. The Morgan fingerprint density at radius 2 is 2.44 bits per heavy atom. The molecular weight excluding hydrogens is 187 g/mol. The van der Waals surface area contributed by atoms with Gasteiger partial charge in [0.15, 0.2) is 0 Å². The average molecular weight is 193 g/mol. The predicted octanol–water partition coefficient (Wildman–Crippen LogP) is 1.54. The van der Waals surface area contributed by atoms with Crippen molar-refractivity contribution in [3.63, 3.8) is 0 Å². The molecule has 0 atom stereocenters. The van der Waals surface area contributed by atoms with Crippen molar-refractivity contribution in [3.05, 3.63) is 10.2 Å². The van der Waals surface area contributed by atoms with E-state index in [-0.39, 0.29) is 0 Å². The van der Waals surface area contributed by atoms with E-state index in [1.807, 2.05) is 0 Å². The molecule has 0 fully saturated rings. The van der Waals surface area contributed by atoms with E-state index in [2.05, 4.69) is 26.2 Å². The van der Waals surface area contributed by atoms with E-state index in [0.717, 1.165) is 10.2 Å². The minimum atomic E-state index is -0.504. The lowest BCUT2D eigenvalue weighted by Gasteiger charge is -2.09. The maximum absolute atomic E-state index is 12.2. The standard InChI is InChI=1S/C5H6BrFN2/c1-3-4(6)2-8-5(7)9-3/h2H2,1H3,(H,8,9). The van der Waals surface area contributed by atoms with Gasteiger partial charge in [-0.3, -0.25) is 0 Å². The van der Waals surface area contributed by atoms with Gasteiger partial charge >= 0.3 is 0 Å². The Hall–Kier alpha value is -0.380. The molecular formula is C5H6BrFN2. The number of halogens is 2. The van der Waals surface area contributed by atoms with Gasteiger partial charge in [0.25, 0.3) is 6.09 Å². The lowest BCUT2D eigenvalue weighted by atomic mass is 10.4. The summed E-state index contributed by atoms with van der Waals surface area (Å²) in [7, 11) is 0. The van der Waals surface area contributed by atoms with Crippen molar-refractivity contribution in [2.75, 3.05) is 6.54 Å². The minimum absolute atomic E-state index is 0.407. The summed E-state index contributed by atoms with van der Waals surface area (Å²) in [6.45, 7) is 2.20. The molecule has 1 aliphatic heterocycles. The molecule has 0 unspecified atom stereocenters. The molecule has 0 aromatic carbocycles. The van der Waals surface area contributed by atoms with Crippen LogP contribution in [0.4, 0.5) is 4.39 Å². The molecule has 0 spiro atoms. The third-order valence-electron chi connectivity index (χ3n) is 1.05. The summed E-state index contributed by atoms with van der Waals surface area (Å²) in [5.41, 5.74) is 0.794. The molecule has 1 aliphatic rings. The van der Waals surface area contributed by atoms with Gasteiger partial charge in [0, 0.05) is 10.2 Å². The van der Waals surface area contributed by atoms with Crippen LogP contribution in [0.15, 0.2) is 15.2 Å². The van der Waals surface area contributed by atoms with Gasteiger partial charge in [0.1, 0.15) is 0 Å². The first-order valence-corrected chi connectivity index (χ1v) is 3.31. The average Bonchev–Trinajstić information content (AvgIpc) is 1.80. The van der Waals surface area contributed by atoms with E-state index >= 15 is 0 Å². The minimum Gasteiger partial charge on any atom is -0.319 e. The molecule has 2 nitrogen and oxygen atoms in total. The zero-order chi connectivity index (χ0) is 6.85. The number of hydrogen-bond acceptors (Lipinski definition) is 2. The van der Waals surface area contributed by atoms with Crippen molar-refractivity contribution in [3.8, 4) is 0 Å². The van der Waals surface area contributed by atoms with Crippen LogP contribution >= 0.6 is 15.9 Å². The molecule has 4 heteroatoms. The Morgan fingerprint density at radius 1 is 1.78 bits per heavy atom. The van der Waals surface area contributed by atoms with Gasteiger partial charge in [-0.2, -0.15) is 4.39 Å². The number of amidine groups is 1. The highest BCUT2D eigenvalue weighted by molar-refractivity contribution is 9.11. The zero-order valence-corrected chi connectivity index (χ0v) is 6.50. The topological polar surface area (TPSA) is 24.4 Å². The van der Waals surface area contributed by atoms with Crippen LogP contribution in [0.1, 0.15) is 6.92 Å². The smallest absolute Gasteiger partial charge is 0.282 e. The molecule has 0 amide bonds. The van der Waals surface area contributed by atoms with E-state index in [4.69, 9.17) is 0 Å². The number of nitrogens with one attached hydrogen (secondary N) is 1. The molecule has 1 N–H and O–H groups in total. The molecule has 0 bridgehead atoms. The lowest BCUT2D eigenvalue weighted by molar-refractivity contribution is 0.729. The summed E-state index contributed by atoms with van der Waals surface area (Å²) in [6, 6.07) is 0. The summed E-state index contributed by atoms with van der Waals surface area (Å²) in [6.07, 6.45) is -0.504. The molecule has 0 aliphatic carbocycles. The van der Waals surface area contributed by atoms with Crippen LogP contribution in [0.25, 0.3) is 0 Å². The van der Waals surface area contributed by atoms with Crippen molar-refractivity contribution in [1.82, 2.24) is 5.32 Å². The fourth-order valence-corrected chi connectivity index (χ4v) is 0.744. The molecule has 0 radical (unpaired) electrons. The van der Waals surface area contributed by atoms with Gasteiger partial charge in [-0.25, -0.2) is 4.99 Å². The first kappa shape index (κ1) is 6.74. The molecule has 0 aromatic rings. The summed E-state index contributed by atoms with van der Waals surface area (Å²) < 4.78 is 13.1. The normalized spacial score (nSPS) is 19.2. The van der Waals surface area contributed by atoms with Crippen LogP contribution in [0.5, 0.6) is 0 Å². The molecule has 1 heterocycles. The number of aliphatic imine (C=N–C) groups is 1. The second-order valence-electron chi connectivity index (χ2n) is 1.76. The Kier molecular flexibility index (Phi) is 1.85. The van der Waals surface area contributed by atoms with Gasteiger partial charge in [0.05, 0.1) is 6.54 Å². The number of rotatable bonds is 0. The van der Waals surface area contributed by atoms with Crippen LogP contribution in [-0.4, -0.2) is 12.6 Å². The van der Waals surface area contributed by atoms with Crippen molar-refractivity contribution < 1.29 is 4.39 Å². The monoisotopic (exact) mass is 192 g/mol. The van der Waals surface area contributed by atoms with Crippen molar-refractivity contribution in [2.45, 2.75) is 6.92 Å². The van der Waals surface area contributed by atoms with Gasteiger partial charge in [-0.15, -0.1) is 0 Å². The highest BCUT2D eigenvalue weighted by Gasteiger charge is 2.06. The van der Waals surface area contributed by atoms with E-state index in [9.17, 15) is 4.39 Å². The fraction of sp³-hybridized carbons (Fsp3) is 0.400. The molecule has 0 saturated heterocycles. The molecule has 0 aromatic heterocycles. The van der Waals surface area contributed by atoms with Crippen molar-refractivity contribution in [2.24, 2.45) is 4.99 Å². The van der Waals surface area contributed by atoms with Gasteiger partial charge in [-0.05, 0) is 6.92 Å². The first-order chi connectivity index (χ1) is 4.20. The Balaban J connectivity index is 2.70. The van der Waals surface area contributed by atoms with Crippen molar-refractivity contribution >= 4 is 22.0 Å². The van der Waals surface area contributed by atoms with E-state index in [1.165, 1.54) is 0 Å². The van der Waals surface area contributed by atoms with Gasteiger partial charge < -0.3 is 5.32 Å². The third-order valence-corrected chi connectivity index (χ3v) is 1.90. The summed E-state index contributed by atoms with van der Waals surface area (Å²) >= 11 is 3.22. The first-order valence-electron chi connectivity index (χ1n) is 2.52. The quantitative estimate of drug-likeness (QED) is 0.579. The molecule has 0 saturated carbocycles. The zero-order valence-electron chi connectivity index (χ0n) is 4.91. The molecule has 1 rings (SSSR count). The second-order valence-corrected chi connectivity index (χ2v) is 2.72. The highest BCUT2D eigenvalue weighted by Crippen LogP contribution is 2.13. The SMILES string of the molecule is CC1=C(Br)CN=C(F)N1. The van der Waals surface area contributed by atoms with Crippen LogP contribution in [0, 0.1) is 0 Å². The lowest BCUT2D eigenvalue weighted by Crippen LogP contribution is -2.22. The Bertz CT molecular complexity index is 185. The van der Waals surface area contributed by atoms with Crippen molar-refractivity contribution in [1.29, 1.82) is 0 Å². The van der Waals surface area contributed by atoms with Gasteiger partial charge in [0.2, 0.25) is 0 Å². The number of hydrogen-bond donors (Lipinski definition) is 1. The Labute approximate surface area is 61.0 Å². The second kappa shape index (κ2) is 2.47. The molecule has 50 valence electrons. The fourth-order valence-electron chi connectivity index (χ4n) is 0.519. The summed E-state index contributed by atoms with van der Waals surface area (Å²) in [5, 5.41) is 2.45. The number of allylic oxidation sites excluding steroid dienone is 1. The van der Waals surface area contributed by atoms with E-state index in [1.54, 1.807) is 6.92 Å². The van der Waals surface area contributed by atoms with Crippen LogP contribution < -0.4 is 5.32 Å². The van der Waals surface area contributed by atoms with Gasteiger partial charge in [-0.1, -0.05) is 15.9 Å².